The zero-order valence-corrected chi connectivity index (χ0v) is 17.6. The molecule has 1 amide bonds. The van der Waals surface area contributed by atoms with E-state index >= 15 is 0 Å². The summed E-state index contributed by atoms with van der Waals surface area (Å²) in [5.41, 5.74) is -0.615. The number of likely N-dealkylation sites (tertiary alicyclic amines) is 1. The average Bonchev–Trinajstić information content (AvgIpc) is 3.39. The van der Waals surface area contributed by atoms with Crippen molar-refractivity contribution in [1.82, 2.24) is 10.2 Å². The molecule has 4 nitrogen and oxygen atoms in total. The van der Waals surface area contributed by atoms with Gasteiger partial charge in [0.25, 0.3) is 5.91 Å². The van der Waals surface area contributed by atoms with Crippen LogP contribution in [0.5, 0.6) is 0 Å². The summed E-state index contributed by atoms with van der Waals surface area (Å²) in [5.74, 6) is 0.0407. The molecule has 1 saturated heterocycles. The van der Waals surface area contributed by atoms with Crippen molar-refractivity contribution in [3.8, 4) is 0 Å². The van der Waals surface area contributed by atoms with Crippen LogP contribution in [-0.4, -0.2) is 40.6 Å². The van der Waals surface area contributed by atoms with Crippen LogP contribution < -0.4 is 5.32 Å². The quantitative estimate of drug-likeness (QED) is 0.761. The first-order valence-corrected chi connectivity index (χ1v) is 11.4. The van der Waals surface area contributed by atoms with Crippen molar-refractivity contribution in [3.05, 3.63) is 58.0 Å². The van der Waals surface area contributed by atoms with Gasteiger partial charge in [-0.25, -0.2) is 4.39 Å². The standard InChI is InChI=1S/C23H29FN2O2S/c1-23(28)12-13-26(15-16-5-2-3-6-16)20(19-7-4-14-29-19)21(23)25-22(27)17-8-10-18(24)11-9-17/h4,7-11,14,16,20-21,28H,2-3,5-6,12-13,15H2,1H3,(H,25,27)/t20-,21-,23+/m0/s1. The molecule has 1 aromatic heterocycles. The molecule has 2 aliphatic rings. The second-order valence-electron chi connectivity index (χ2n) is 8.67. The van der Waals surface area contributed by atoms with Crippen molar-refractivity contribution in [2.24, 2.45) is 5.92 Å². The Balaban J connectivity index is 1.61. The van der Waals surface area contributed by atoms with E-state index in [-0.39, 0.29) is 17.8 Å². The molecule has 1 aromatic carbocycles. The molecule has 2 aromatic rings. The molecular formula is C23H29FN2O2S. The minimum Gasteiger partial charge on any atom is -0.388 e. The Morgan fingerprint density at radius 1 is 1.28 bits per heavy atom. The maximum absolute atomic E-state index is 13.2. The molecule has 156 valence electrons. The highest BCUT2D eigenvalue weighted by molar-refractivity contribution is 7.10. The number of hydrogen-bond acceptors (Lipinski definition) is 4. The van der Waals surface area contributed by atoms with Gasteiger partial charge in [0, 0.05) is 23.5 Å². The normalized spacial score (nSPS) is 28.5. The Kier molecular flexibility index (Phi) is 6.04. The van der Waals surface area contributed by atoms with E-state index in [1.54, 1.807) is 11.3 Å². The highest BCUT2D eigenvalue weighted by atomic mass is 32.1. The lowest BCUT2D eigenvalue weighted by Gasteiger charge is -2.49. The summed E-state index contributed by atoms with van der Waals surface area (Å²) in [4.78, 5) is 16.5. The average molecular weight is 417 g/mol. The molecule has 6 heteroatoms. The number of nitrogens with one attached hydrogen (secondary N) is 1. The van der Waals surface area contributed by atoms with E-state index in [0.29, 0.717) is 17.9 Å². The second-order valence-corrected chi connectivity index (χ2v) is 9.65. The van der Waals surface area contributed by atoms with E-state index in [4.69, 9.17) is 0 Å². The molecular weight excluding hydrogens is 387 g/mol. The van der Waals surface area contributed by atoms with E-state index in [9.17, 15) is 14.3 Å². The molecule has 1 saturated carbocycles. The summed E-state index contributed by atoms with van der Waals surface area (Å²) in [5, 5.41) is 16.4. The second kappa shape index (κ2) is 8.54. The first kappa shape index (κ1) is 20.5. The molecule has 2 N–H and O–H groups in total. The third-order valence-electron chi connectivity index (χ3n) is 6.48. The van der Waals surface area contributed by atoms with Crippen LogP contribution in [0.15, 0.2) is 41.8 Å². The highest BCUT2D eigenvalue weighted by Crippen LogP contribution is 2.40. The van der Waals surface area contributed by atoms with Crippen LogP contribution in [0.25, 0.3) is 0 Å². The lowest BCUT2D eigenvalue weighted by atomic mass is 9.81. The van der Waals surface area contributed by atoms with E-state index in [0.717, 1.165) is 18.0 Å². The van der Waals surface area contributed by atoms with Crippen molar-refractivity contribution in [2.45, 2.75) is 56.7 Å². The number of rotatable bonds is 5. The number of hydrogen-bond donors (Lipinski definition) is 2. The Morgan fingerprint density at radius 2 is 2.00 bits per heavy atom. The van der Waals surface area contributed by atoms with Crippen LogP contribution in [0.2, 0.25) is 0 Å². The minimum atomic E-state index is -1.02. The van der Waals surface area contributed by atoms with Gasteiger partial charge in [-0.2, -0.15) is 0 Å². The van der Waals surface area contributed by atoms with Gasteiger partial charge in [0.15, 0.2) is 0 Å². The smallest absolute Gasteiger partial charge is 0.251 e. The number of benzene rings is 1. The van der Waals surface area contributed by atoms with Crippen molar-refractivity contribution < 1.29 is 14.3 Å². The number of amides is 1. The van der Waals surface area contributed by atoms with Gasteiger partial charge in [-0.15, -0.1) is 11.3 Å². The van der Waals surface area contributed by atoms with E-state index in [1.807, 2.05) is 18.4 Å². The Hall–Kier alpha value is -1.76. The molecule has 0 radical (unpaired) electrons. The molecule has 4 rings (SSSR count). The van der Waals surface area contributed by atoms with Gasteiger partial charge >= 0.3 is 0 Å². The predicted molar refractivity (Wildman–Crippen MR) is 113 cm³/mol. The van der Waals surface area contributed by atoms with Gasteiger partial charge in [0.2, 0.25) is 0 Å². The fraction of sp³-hybridized carbons (Fsp3) is 0.522. The molecule has 0 spiro atoms. The fourth-order valence-electron chi connectivity index (χ4n) is 4.81. The molecule has 0 bridgehead atoms. The first-order chi connectivity index (χ1) is 13.9. The topological polar surface area (TPSA) is 52.6 Å². The number of thiophene rings is 1. The summed E-state index contributed by atoms with van der Waals surface area (Å²) in [6.45, 7) is 3.63. The van der Waals surface area contributed by atoms with Gasteiger partial charge in [-0.05, 0) is 67.8 Å². The van der Waals surface area contributed by atoms with E-state index in [1.165, 1.54) is 49.9 Å². The number of carbonyl (C=O) groups is 1. The molecule has 2 fully saturated rings. The lowest BCUT2D eigenvalue weighted by Crippen LogP contribution is -2.62. The summed E-state index contributed by atoms with van der Waals surface area (Å²) >= 11 is 1.67. The van der Waals surface area contributed by atoms with Gasteiger partial charge < -0.3 is 10.4 Å². The predicted octanol–water partition coefficient (Wildman–Crippen LogP) is 4.37. The largest absolute Gasteiger partial charge is 0.388 e. The summed E-state index contributed by atoms with van der Waals surface area (Å²) in [6, 6.07) is 9.16. The van der Waals surface area contributed by atoms with Crippen LogP contribution >= 0.6 is 11.3 Å². The first-order valence-electron chi connectivity index (χ1n) is 10.5. The van der Waals surface area contributed by atoms with Crippen molar-refractivity contribution >= 4 is 17.2 Å². The summed E-state index contributed by atoms with van der Waals surface area (Å²) in [6.07, 6.45) is 5.72. The third-order valence-corrected chi connectivity index (χ3v) is 7.42. The Morgan fingerprint density at radius 3 is 2.66 bits per heavy atom. The molecule has 0 unspecified atom stereocenters. The van der Waals surface area contributed by atoms with Gasteiger partial charge in [0.1, 0.15) is 5.82 Å². The minimum absolute atomic E-state index is 0.0660. The molecule has 1 aliphatic heterocycles. The number of piperidine rings is 1. The maximum Gasteiger partial charge on any atom is 0.251 e. The fourth-order valence-corrected chi connectivity index (χ4v) is 5.70. The van der Waals surface area contributed by atoms with Crippen LogP contribution in [0, 0.1) is 11.7 Å². The summed E-state index contributed by atoms with van der Waals surface area (Å²) in [7, 11) is 0. The maximum atomic E-state index is 13.2. The van der Waals surface area contributed by atoms with Gasteiger partial charge in [0.05, 0.1) is 17.7 Å². The molecule has 1 aliphatic carbocycles. The number of halogens is 1. The van der Waals surface area contributed by atoms with Crippen LogP contribution in [0.3, 0.4) is 0 Å². The number of aliphatic hydroxyl groups is 1. The van der Waals surface area contributed by atoms with Crippen molar-refractivity contribution in [1.29, 1.82) is 0 Å². The van der Waals surface area contributed by atoms with Crippen molar-refractivity contribution in [2.75, 3.05) is 13.1 Å². The molecule has 29 heavy (non-hydrogen) atoms. The van der Waals surface area contributed by atoms with E-state index < -0.39 is 11.6 Å². The van der Waals surface area contributed by atoms with Crippen LogP contribution in [-0.2, 0) is 0 Å². The van der Waals surface area contributed by atoms with Gasteiger partial charge in [-0.1, -0.05) is 18.9 Å². The van der Waals surface area contributed by atoms with Gasteiger partial charge in [-0.3, -0.25) is 9.69 Å². The molecule has 3 atom stereocenters. The Labute approximate surface area is 175 Å². The summed E-state index contributed by atoms with van der Waals surface area (Å²) < 4.78 is 13.2. The monoisotopic (exact) mass is 416 g/mol. The number of nitrogens with zero attached hydrogens (tertiary/aromatic N) is 1. The SMILES string of the molecule is C[C@@]1(O)CCN(CC2CCCC2)[C@@H](c2cccs2)[C@@H]1NC(=O)c1ccc(F)cc1. The molecule has 2 heterocycles. The third kappa shape index (κ3) is 4.55. The van der Waals surface area contributed by atoms with Crippen molar-refractivity contribution in [3.63, 3.8) is 0 Å². The van der Waals surface area contributed by atoms with Crippen LogP contribution in [0.4, 0.5) is 4.39 Å². The lowest BCUT2D eigenvalue weighted by molar-refractivity contribution is -0.0663. The zero-order valence-electron chi connectivity index (χ0n) is 16.8. The Bertz CT molecular complexity index is 816. The van der Waals surface area contributed by atoms with E-state index in [2.05, 4.69) is 16.3 Å². The zero-order chi connectivity index (χ0) is 20.4. The number of carbonyl (C=O) groups excluding carboxylic acids is 1. The van der Waals surface area contributed by atoms with Crippen LogP contribution in [0.1, 0.15) is 60.3 Å². The highest BCUT2D eigenvalue weighted by Gasteiger charge is 2.47.